The third kappa shape index (κ3) is 4.61. The van der Waals surface area contributed by atoms with Crippen molar-refractivity contribution in [2.24, 2.45) is 0 Å². The van der Waals surface area contributed by atoms with E-state index in [9.17, 15) is 8.42 Å². The van der Waals surface area contributed by atoms with Crippen LogP contribution in [0.3, 0.4) is 0 Å². The molecule has 2 aromatic rings. The largest absolute Gasteiger partial charge is 0.496 e. The van der Waals surface area contributed by atoms with E-state index in [0.29, 0.717) is 17.0 Å². The van der Waals surface area contributed by atoms with Gasteiger partial charge in [0, 0.05) is 5.69 Å². The summed E-state index contributed by atoms with van der Waals surface area (Å²) in [4.78, 5) is 0.267. The van der Waals surface area contributed by atoms with Crippen LogP contribution in [0.4, 0.5) is 5.69 Å². The maximum atomic E-state index is 13.0. The highest BCUT2D eigenvalue weighted by molar-refractivity contribution is 7.92. The van der Waals surface area contributed by atoms with E-state index in [-0.39, 0.29) is 16.9 Å². The summed E-state index contributed by atoms with van der Waals surface area (Å²) < 4.78 is 40.0. The maximum Gasteiger partial charge on any atom is 0.262 e. The summed E-state index contributed by atoms with van der Waals surface area (Å²) in [5.74, 6) is 1.63. The van der Waals surface area contributed by atoms with Crippen molar-refractivity contribution >= 4 is 15.7 Å². The molecule has 1 saturated carbocycles. The number of ether oxygens (including phenoxy) is 2. The van der Waals surface area contributed by atoms with Crippen LogP contribution in [0.25, 0.3) is 0 Å². The van der Waals surface area contributed by atoms with Gasteiger partial charge in [-0.1, -0.05) is 13.8 Å². The average molecular weight is 404 g/mol. The van der Waals surface area contributed by atoms with Crippen LogP contribution in [0, 0.1) is 6.92 Å². The van der Waals surface area contributed by atoms with Crippen LogP contribution in [0.15, 0.2) is 41.3 Å². The van der Waals surface area contributed by atoms with E-state index < -0.39 is 10.0 Å². The van der Waals surface area contributed by atoms with E-state index in [0.717, 1.165) is 24.2 Å². The van der Waals surface area contributed by atoms with Gasteiger partial charge >= 0.3 is 0 Å². The highest BCUT2D eigenvalue weighted by Crippen LogP contribution is 2.32. The molecule has 0 unspecified atom stereocenters. The highest BCUT2D eigenvalue weighted by Gasteiger charge is 2.21. The normalized spacial score (nSPS) is 15.0. The van der Waals surface area contributed by atoms with Crippen LogP contribution < -0.4 is 14.2 Å². The summed E-state index contributed by atoms with van der Waals surface area (Å²) in [6.07, 6.45) is 4.87. The van der Waals surface area contributed by atoms with Gasteiger partial charge in [-0.2, -0.15) is 0 Å². The fourth-order valence-electron chi connectivity index (χ4n) is 3.61. The van der Waals surface area contributed by atoms with Crippen LogP contribution in [-0.2, 0) is 10.0 Å². The van der Waals surface area contributed by atoms with Crippen molar-refractivity contribution in [2.45, 2.75) is 63.4 Å². The summed E-state index contributed by atoms with van der Waals surface area (Å²) in [5.41, 5.74) is 2.03. The van der Waals surface area contributed by atoms with Crippen molar-refractivity contribution in [3.63, 3.8) is 0 Å². The van der Waals surface area contributed by atoms with E-state index in [1.165, 1.54) is 12.8 Å². The molecule has 1 aliphatic carbocycles. The zero-order valence-corrected chi connectivity index (χ0v) is 17.8. The zero-order chi connectivity index (χ0) is 20.3. The van der Waals surface area contributed by atoms with Crippen molar-refractivity contribution in [1.29, 1.82) is 0 Å². The Morgan fingerprint density at radius 2 is 1.71 bits per heavy atom. The predicted octanol–water partition coefficient (Wildman–Crippen LogP) is 5.25. The molecular formula is C22H29NO4S. The first kappa shape index (κ1) is 20.5. The Labute approximate surface area is 168 Å². The molecule has 28 heavy (non-hydrogen) atoms. The number of rotatable bonds is 7. The summed E-state index contributed by atoms with van der Waals surface area (Å²) in [6.45, 7) is 5.81. The molecule has 5 nitrogen and oxygen atoms in total. The van der Waals surface area contributed by atoms with Gasteiger partial charge in [0.15, 0.2) is 0 Å². The number of sulfonamides is 1. The van der Waals surface area contributed by atoms with Crippen molar-refractivity contribution in [3.8, 4) is 11.5 Å². The Morgan fingerprint density at radius 1 is 1.07 bits per heavy atom. The number of aryl methyl sites for hydroxylation is 1. The first-order valence-electron chi connectivity index (χ1n) is 9.78. The van der Waals surface area contributed by atoms with Gasteiger partial charge in [0.1, 0.15) is 11.5 Å². The fraction of sp³-hybridized carbons (Fsp3) is 0.455. The van der Waals surface area contributed by atoms with Crippen LogP contribution in [-0.4, -0.2) is 21.6 Å². The van der Waals surface area contributed by atoms with Crippen LogP contribution in [0.5, 0.6) is 11.5 Å². The lowest BCUT2D eigenvalue weighted by Crippen LogP contribution is -2.15. The smallest absolute Gasteiger partial charge is 0.262 e. The van der Waals surface area contributed by atoms with Gasteiger partial charge in [0.25, 0.3) is 10.0 Å². The number of hydrogen-bond acceptors (Lipinski definition) is 4. The molecule has 0 bridgehead atoms. The summed E-state index contributed by atoms with van der Waals surface area (Å²) in [5, 5.41) is 0. The van der Waals surface area contributed by atoms with E-state index in [1.54, 1.807) is 38.3 Å². The molecule has 3 rings (SSSR count). The van der Waals surface area contributed by atoms with Crippen molar-refractivity contribution in [1.82, 2.24) is 0 Å². The molecule has 6 heteroatoms. The molecule has 0 radical (unpaired) electrons. The summed E-state index contributed by atoms with van der Waals surface area (Å²) in [7, 11) is -2.11. The van der Waals surface area contributed by atoms with Crippen LogP contribution in [0.2, 0.25) is 0 Å². The number of anilines is 1. The monoisotopic (exact) mass is 403 g/mol. The van der Waals surface area contributed by atoms with E-state index in [4.69, 9.17) is 9.47 Å². The predicted molar refractivity (Wildman–Crippen MR) is 112 cm³/mol. The Hall–Kier alpha value is -2.21. The minimum absolute atomic E-state index is 0.150. The van der Waals surface area contributed by atoms with Gasteiger partial charge in [-0.05, 0) is 86.1 Å². The van der Waals surface area contributed by atoms with Gasteiger partial charge < -0.3 is 9.47 Å². The van der Waals surface area contributed by atoms with Crippen LogP contribution >= 0.6 is 0 Å². The highest BCUT2D eigenvalue weighted by atomic mass is 32.2. The second-order valence-electron chi connectivity index (χ2n) is 7.67. The zero-order valence-electron chi connectivity index (χ0n) is 17.0. The lowest BCUT2D eigenvalue weighted by Gasteiger charge is -2.17. The summed E-state index contributed by atoms with van der Waals surface area (Å²) >= 11 is 0. The van der Waals surface area contributed by atoms with Gasteiger partial charge in [0.05, 0.1) is 18.1 Å². The second kappa shape index (κ2) is 8.43. The second-order valence-corrected chi connectivity index (χ2v) is 9.32. The van der Waals surface area contributed by atoms with Gasteiger partial charge in [0.2, 0.25) is 0 Å². The Balaban J connectivity index is 1.80. The van der Waals surface area contributed by atoms with E-state index in [2.05, 4.69) is 4.72 Å². The third-order valence-electron chi connectivity index (χ3n) is 5.15. The van der Waals surface area contributed by atoms with Gasteiger partial charge in [-0.15, -0.1) is 0 Å². The first-order valence-corrected chi connectivity index (χ1v) is 11.3. The topological polar surface area (TPSA) is 64.6 Å². The summed E-state index contributed by atoms with van der Waals surface area (Å²) in [6, 6.07) is 10.6. The van der Waals surface area contributed by atoms with Crippen molar-refractivity contribution in [3.05, 3.63) is 47.5 Å². The Morgan fingerprint density at radius 3 is 2.29 bits per heavy atom. The lowest BCUT2D eigenvalue weighted by molar-refractivity contribution is 0.210. The molecule has 0 heterocycles. The van der Waals surface area contributed by atoms with Crippen LogP contribution in [0.1, 0.15) is 56.6 Å². The van der Waals surface area contributed by atoms with Crippen molar-refractivity contribution < 1.29 is 17.9 Å². The fourth-order valence-corrected chi connectivity index (χ4v) is 4.93. The lowest BCUT2D eigenvalue weighted by atomic mass is 10.0. The Kier molecular flexibility index (Phi) is 6.18. The molecule has 0 spiro atoms. The number of benzene rings is 2. The molecule has 0 saturated heterocycles. The number of methoxy groups -OCH3 is 1. The molecule has 0 atom stereocenters. The Bertz CT molecular complexity index is 914. The number of hydrogen-bond donors (Lipinski definition) is 1. The molecule has 1 N–H and O–H groups in total. The molecule has 152 valence electrons. The molecular weight excluding hydrogens is 374 g/mol. The quantitative estimate of drug-likeness (QED) is 0.686. The first-order chi connectivity index (χ1) is 13.3. The maximum absolute atomic E-state index is 13.0. The average Bonchev–Trinajstić information content (AvgIpc) is 3.15. The molecule has 0 aromatic heterocycles. The molecule has 0 amide bonds. The number of nitrogens with one attached hydrogen (secondary N) is 1. The van der Waals surface area contributed by atoms with Crippen molar-refractivity contribution in [2.75, 3.05) is 11.8 Å². The van der Waals surface area contributed by atoms with Gasteiger partial charge in [-0.25, -0.2) is 8.42 Å². The standard InChI is InChI=1S/C22H29NO4S/c1-15(2)20-14-22(16(3)13-21(20)26-4)28(24,25)23-17-9-11-19(12-10-17)27-18-7-5-6-8-18/h9-15,18,23H,5-8H2,1-4H3. The molecule has 1 fully saturated rings. The van der Waals surface area contributed by atoms with Gasteiger partial charge in [-0.3, -0.25) is 4.72 Å². The minimum Gasteiger partial charge on any atom is -0.496 e. The van der Waals surface area contributed by atoms with E-state index in [1.807, 2.05) is 26.0 Å². The van der Waals surface area contributed by atoms with E-state index >= 15 is 0 Å². The SMILES string of the molecule is COc1cc(C)c(S(=O)(=O)Nc2ccc(OC3CCCC3)cc2)cc1C(C)C. The minimum atomic E-state index is -3.71. The molecule has 2 aromatic carbocycles. The molecule has 1 aliphatic rings. The third-order valence-corrected chi connectivity index (χ3v) is 6.67. The molecule has 0 aliphatic heterocycles.